The van der Waals surface area contributed by atoms with Gasteiger partial charge in [0.05, 0.1) is 0 Å². The smallest absolute Gasteiger partial charge is 0.118 e. The van der Waals surface area contributed by atoms with E-state index >= 15 is 0 Å². The van der Waals surface area contributed by atoms with Crippen LogP contribution in [0.5, 0.6) is 0 Å². The predicted molar refractivity (Wildman–Crippen MR) is 96.8 cm³/mol. The van der Waals surface area contributed by atoms with Crippen LogP contribution < -0.4 is 0 Å². The van der Waals surface area contributed by atoms with Crippen LogP contribution in [-0.4, -0.2) is 22.4 Å². The molecule has 2 unspecified atom stereocenters. The molecule has 1 fully saturated rings. The van der Waals surface area contributed by atoms with E-state index in [0.29, 0.717) is 5.92 Å². The SMILES string of the molecule is CCCCCCCCCC(O)C#CC#CC(O)C1CCCCC1. The molecular formula is C21H34O2. The van der Waals surface area contributed by atoms with Gasteiger partial charge in [-0.25, -0.2) is 0 Å². The van der Waals surface area contributed by atoms with E-state index in [1.54, 1.807) is 0 Å². The molecule has 0 heterocycles. The van der Waals surface area contributed by atoms with Crippen LogP contribution in [-0.2, 0) is 0 Å². The second-order valence-electron chi connectivity index (χ2n) is 6.81. The molecule has 0 bridgehead atoms. The highest BCUT2D eigenvalue weighted by Crippen LogP contribution is 2.26. The summed E-state index contributed by atoms with van der Waals surface area (Å²) in [5.74, 6) is 11.3. The number of unbranched alkanes of at least 4 members (excludes halogenated alkanes) is 6. The van der Waals surface area contributed by atoms with Gasteiger partial charge in [0.25, 0.3) is 0 Å². The Morgan fingerprint density at radius 1 is 0.826 bits per heavy atom. The number of hydrogen-bond acceptors (Lipinski definition) is 2. The lowest BCUT2D eigenvalue weighted by Gasteiger charge is -2.22. The molecule has 0 aliphatic heterocycles. The first kappa shape index (κ1) is 20.1. The maximum absolute atomic E-state index is 10.00. The van der Waals surface area contributed by atoms with Gasteiger partial charge in [0.2, 0.25) is 0 Å². The third-order valence-electron chi connectivity index (χ3n) is 4.70. The molecule has 2 nitrogen and oxygen atoms in total. The summed E-state index contributed by atoms with van der Waals surface area (Å²) in [6.45, 7) is 2.23. The fourth-order valence-electron chi connectivity index (χ4n) is 3.16. The number of aliphatic hydroxyl groups is 2. The molecule has 0 aromatic carbocycles. The Kier molecular flexibility index (Phi) is 11.8. The first-order valence-electron chi connectivity index (χ1n) is 9.61. The minimum Gasteiger partial charge on any atom is -0.380 e. The van der Waals surface area contributed by atoms with Crippen molar-refractivity contribution in [3.8, 4) is 23.7 Å². The largest absolute Gasteiger partial charge is 0.380 e. The zero-order chi connectivity index (χ0) is 16.8. The number of rotatable bonds is 9. The molecular weight excluding hydrogens is 284 g/mol. The van der Waals surface area contributed by atoms with Crippen LogP contribution in [0.3, 0.4) is 0 Å². The Labute approximate surface area is 143 Å². The predicted octanol–water partition coefficient (Wildman–Crippen LogP) is 4.44. The van der Waals surface area contributed by atoms with Crippen molar-refractivity contribution < 1.29 is 10.2 Å². The average Bonchev–Trinajstić information content (AvgIpc) is 2.58. The maximum atomic E-state index is 10.00. The third kappa shape index (κ3) is 10.4. The summed E-state index contributed by atoms with van der Waals surface area (Å²) < 4.78 is 0. The number of hydrogen-bond donors (Lipinski definition) is 2. The van der Waals surface area contributed by atoms with Crippen LogP contribution in [0.1, 0.15) is 90.4 Å². The molecule has 1 saturated carbocycles. The number of aliphatic hydroxyl groups excluding tert-OH is 2. The average molecular weight is 319 g/mol. The lowest BCUT2D eigenvalue weighted by atomic mass is 9.85. The van der Waals surface area contributed by atoms with Gasteiger partial charge in [-0.3, -0.25) is 0 Å². The summed E-state index contributed by atoms with van der Waals surface area (Å²) in [6, 6.07) is 0. The van der Waals surface area contributed by atoms with E-state index in [2.05, 4.69) is 30.6 Å². The second kappa shape index (κ2) is 13.5. The standard InChI is InChI=1S/C21H34O2/c1-2-3-4-5-6-7-11-16-20(22)17-12-13-18-21(23)19-14-9-8-10-15-19/h19-23H,2-11,14-16H2,1H3. The fraction of sp³-hybridized carbons (Fsp3) is 0.810. The molecule has 0 aromatic rings. The zero-order valence-corrected chi connectivity index (χ0v) is 14.8. The van der Waals surface area contributed by atoms with Gasteiger partial charge in [0, 0.05) is 0 Å². The topological polar surface area (TPSA) is 40.5 Å². The Hall–Kier alpha value is -0.960. The van der Waals surface area contributed by atoms with E-state index in [-0.39, 0.29) is 0 Å². The van der Waals surface area contributed by atoms with Crippen molar-refractivity contribution in [3.05, 3.63) is 0 Å². The molecule has 1 aliphatic rings. The summed E-state index contributed by atoms with van der Waals surface area (Å²) in [7, 11) is 0. The molecule has 0 spiro atoms. The summed E-state index contributed by atoms with van der Waals surface area (Å²) in [5, 5.41) is 19.8. The van der Waals surface area contributed by atoms with Gasteiger partial charge in [-0.2, -0.15) is 0 Å². The van der Waals surface area contributed by atoms with E-state index in [1.165, 1.54) is 57.8 Å². The van der Waals surface area contributed by atoms with Gasteiger partial charge in [0.1, 0.15) is 12.2 Å². The van der Waals surface area contributed by atoms with Crippen LogP contribution >= 0.6 is 0 Å². The lowest BCUT2D eigenvalue weighted by Crippen LogP contribution is -2.21. The van der Waals surface area contributed by atoms with Crippen molar-refractivity contribution in [2.24, 2.45) is 5.92 Å². The second-order valence-corrected chi connectivity index (χ2v) is 6.81. The van der Waals surface area contributed by atoms with Gasteiger partial charge in [-0.1, -0.05) is 76.6 Å². The molecule has 2 atom stereocenters. The van der Waals surface area contributed by atoms with Gasteiger partial charge < -0.3 is 10.2 Å². The van der Waals surface area contributed by atoms with Crippen LogP contribution in [0.2, 0.25) is 0 Å². The first-order valence-corrected chi connectivity index (χ1v) is 9.61. The molecule has 1 rings (SSSR count). The molecule has 0 saturated heterocycles. The van der Waals surface area contributed by atoms with Gasteiger partial charge in [-0.05, 0) is 43.4 Å². The first-order chi connectivity index (χ1) is 11.2. The van der Waals surface area contributed by atoms with Gasteiger partial charge in [-0.15, -0.1) is 0 Å². The van der Waals surface area contributed by atoms with Crippen LogP contribution in [0.25, 0.3) is 0 Å². The third-order valence-corrected chi connectivity index (χ3v) is 4.70. The van der Waals surface area contributed by atoms with Crippen molar-refractivity contribution in [2.45, 2.75) is 103 Å². The Morgan fingerprint density at radius 3 is 2.13 bits per heavy atom. The summed E-state index contributed by atoms with van der Waals surface area (Å²) in [6.07, 6.45) is 14.1. The minimum atomic E-state index is -0.577. The lowest BCUT2D eigenvalue weighted by molar-refractivity contribution is 0.133. The monoisotopic (exact) mass is 318 g/mol. The molecule has 0 amide bonds. The van der Waals surface area contributed by atoms with Crippen LogP contribution in [0.15, 0.2) is 0 Å². The quantitative estimate of drug-likeness (QED) is 0.487. The van der Waals surface area contributed by atoms with Crippen LogP contribution in [0, 0.1) is 29.6 Å². The van der Waals surface area contributed by atoms with E-state index in [9.17, 15) is 10.2 Å². The minimum absolute atomic E-state index is 0.315. The van der Waals surface area contributed by atoms with Gasteiger partial charge in [0.15, 0.2) is 0 Å². The van der Waals surface area contributed by atoms with Crippen molar-refractivity contribution in [1.82, 2.24) is 0 Å². The molecule has 2 heteroatoms. The molecule has 130 valence electrons. The van der Waals surface area contributed by atoms with Crippen molar-refractivity contribution in [1.29, 1.82) is 0 Å². The summed E-state index contributed by atoms with van der Waals surface area (Å²) in [5.41, 5.74) is 0. The molecule has 2 N–H and O–H groups in total. The van der Waals surface area contributed by atoms with E-state index < -0.39 is 12.2 Å². The van der Waals surface area contributed by atoms with Crippen molar-refractivity contribution >= 4 is 0 Å². The molecule has 0 aromatic heterocycles. The Morgan fingerprint density at radius 2 is 1.43 bits per heavy atom. The highest BCUT2D eigenvalue weighted by atomic mass is 16.3. The molecule has 1 aliphatic carbocycles. The highest BCUT2D eigenvalue weighted by Gasteiger charge is 2.19. The Balaban J connectivity index is 2.11. The summed E-state index contributed by atoms with van der Waals surface area (Å²) >= 11 is 0. The van der Waals surface area contributed by atoms with Crippen molar-refractivity contribution in [3.63, 3.8) is 0 Å². The molecule has 0 radical (unpaired) electrons. The van der Waals surface area contributed by atoms with E-state index in [1.807, 2.05) is 0 Å². The summed E-state index contributed by atoms with van der Waals surface area (Å²) in [4.78, 5) is 0. The van der Waals surface area contributed by atoms with E-state index in [4.69, 9.17) is 0 Å². The highest BCUT2D eigenvalue weighted by molar-refractivity contribution is 5.28. The normalized spacial score (nSPS) is 17.5. The van der Waals surface area contributed by atoms with Crippen molar-refractivity contribution in [2.75, 3.05) is 0 Å². The van der Waals surface area contributed by atoms with E-state index in [0.717, 1.165) is 25.7 Å². The zero-order valence-electron chi connectivity index (χ0n) is 14.8. The van der Waals surface area contributed by atoms with Crippen LogP contribution in [0.4, 0.5) is 0 Å². The fourth-order valence-corrected chi connectivity index (χ4v) is 3.16. The maximum Gasteiger partial charge on any atom is 0.118 e. The van der Waals surface area contributed by atoms with Gasteiger partial charge >= 0.3 is 0 Å². The Bertz CT molecular complexity index is 401. The molecule has 23 heavy (non-hydrogen) atoms.